The summed E-state index contributed by atoms with van der Waals surface area (Å²) in [5, 5.41) is 9.41. The normalized spacial score (nSPS) is 11.4. The first-order valence-electron chi connectivity index (χ1n) is 6.27. The zero-order valence-corrected chi connectivity index (χ0v) is 11.4. The third-order valence-electron chi connectivity index (χ3n) is 3.22. The highest BCUT2D eigenvalue weighted by molar-refractivity contribution is 5.94. The van der Waals surface area contributed by atoms with Crippen molar-refractivity contribution in [3.05, 3.63) is 65.5 Å². The van der Waals surface area contributed by atoms with Gasteiger partial charge in [0.1, 0.15) is 6.04 Å². The third kappa shape index (κ3) is 2.67. The van der Waals surface area contributed by atoms with Gasteiger partial charge >= 0.3 is 0 Å². The molecule has 2 rings (SSSR count). The van der Waals surface area contributed by atoms with Gasteiger partial charge in [0.25, 0.3) is 5.91 Å². The smallest absolute Gasteiger partial charge is 0.256 e. The number of aromatic nitrogens is 1. The van der Waals surface area contributed by atoms with Crippen LogP contribution >= 0.6 is 0 Å². The highest BCUT2D eigenvalue weighted by Gasteiger charge is 2.23. The summed E-state index contributed by atoms with van der Waals surface area (Å²) in [7, 11) is 1.63. The molecule has 1 aromatic carbocycles. The quantitative estimate of drug-likeness (QED) is 0.857. The van der Waals surface area contributed by atoms with E-state index in [0.717, 1.165) is 11.1 Å². The average molecular weight is 265 g/mol. The maximum Gasteiger partial charge on any atom is 0.256 e. The lowest BCUT2D eigenvalue weighted by Gasteiger charge is -2.24. The molecule has 0 bridgehead atoms. The van der Waals surface area contributed by atoms with Crippen LogP contribution in [-0.4, -0.2) is 22.8 Å². The Labute approximate surface area is 118 Å². The van der Waals surface area contributed by atoms with Gasteiger partial charge in [0.2, 0.25) is 0 Å². The number of amides is 1. The maximum atomic E-state index is 12.4. The average Bonchev–Trinajstić information content (AvgIpc) is 2.50. The van der Waals surface area contributed by atoms with Gasteiger partial charge in [-0.2, -0.15) is 5.26 Å². The van der Waals surface area contributed by atoms with E-state index in [9.17, 15) is 10.1 Å². The molecule has 1 amide bonds. The number of carbonyl (C=O) groups is 1. The van der Waals surface area contributed by atoms with Gasteiger partial charge in [0.05, 0.1) is 11.6 Å². The molecule has 1 unspecified atom stereocenters. The summed E-state index contributed by atoms with van der Waals surface area (Å²) >= 11 is 0. The Balaban J connectivity index is 2.32. The summed E-state index contributed by atoms with van der Waals surface area (Å²) in [4.78, 5) is 17.7. The van der Waals surface area contributed by atoms with Crippen LogP contribution in [0, 0.1) is 18.3 Å². The van der Waals surface area contributed by atoms with Crippen LogP contribution in [0.4, 0.5) is 0 Å². The maximum absolute atomic E-state index is 12.4. The van der Waals surface area contributed by atoms with E-state index in [0.29, 0.717) is 5.56 Å². The van der Waals surface area contributed by atoms with Crippen LogP contribution in [0.15, 0.2) is 48.8 Å². The Morgan fingerprint density at radius 1 is 1.30 bits per heavy atom. The molecule has 1 atom stereocenters. The lowest BCUT2D eigenvalue weighted by atomic mass is 10.0. The summed E-state index contributed by atoms with van der Waals surface area (Å²) < 4.78 is 0. The van der Waals surface area contributed by atoms with E-state index in [1.807, 2.05) is 31.2 Å². The topological polar surface area (TPSA) is 57.0 Å². The molecule has 20 heavy (non-hydrogen) atoms. The lowest BCUT2D eigenvalue weighted by molar-refractivity contribution is 0.0763. The molecule has 100 valence electrons. The van der Waals surface area contributed by atoms with Crippen molar-refractivity contribution >= 4 is 5.91 Å². The zero-order chi connectivity index (χ0) is 14.5. The lowest BCUT2D eigenvalue weighted by Crippen LogP contribution is -2.31. The highest BCUT2D eigenvalue weighted by Crippen LogP contribution is 2.23. The summed E-state index contributed by atoms with van der Waals surface area (Å²) in [5.74, 6) is -0.215. The van der Waals surface area contributed by atoms with Crippen molar-refractivity contribution in [2.45, 2.75) is 13.0 Å². The number of rotatable bonds is 3. The molecule has 1 aromatic heterocycles. The molecule has 2 aromatic rings. The number of nitriles is 1. The second-order valence-electron chi connectivity index (χ2n) is 4.55. The first kappa shape index (κ1) is 13.8. The second kappa shape index (κ2) is 5.98. The molecule has 4 nitrogen and oxygen atoms in total. The molecule has 0 saturated heterocycles. The minimum Gasteiger partial charge on any atom is -0.322 e. The van der Waals surface area contributed by atoms with Gasteiger partial charge < -0.3 is 4.90 Å². The fourth-order valence-electron chi connectivity index (χ4n) is 2.07. The SMILES string of the molecule is Cc1ccccc1C(C#N)N(C)C(=O)c1cccnc1. The predicted octanol–water partition coefficient (Wildman–Crippen LogP) is 2.73. The van der Waals surface area contributed by atoms with Crippen LogP contribution in [0.1, 0.15) is 27.5 Å². The summed E-state index contributed by atoms with van der Waals surface area (Å²) in [6, 6.07) is 12.6. The molecule has 0 spiro atoms. The van der Waals surface area contributed by atoms with E-state index >= 15 is 0 Å². The molecule has 0 aliphatic rings. The number of carbonyl (C=O) groups excluding carboxylic acids is 1. The minimum absolute atomic E-state index is 0.215. The van der Waals surface area contributed by atoms with Gasteiger partial charge in [-0.25, -0.2) is 0 Å². The summed E-state index contributed by atoms with van der Waals surface area (Å²) in [5.41, 5.74) is 2.31. The van der Waals surface area contributed by atoms with E-state index in [2.05, 4.69) is 11.1 Å². The number of hydrogen-bond acceptors (Lipinski definition) is 3. The van der Waals surface area contributed by atoms with Gasteiger partial charge in [-0.05, 0) is 30.2 Å². The van der Waals surface area contributed by atoms with E-state index < -0.39 is 6.04 Å². The zero-order valence-electron chi connectivity index (χ0n) is 11.4. The van der Waals surface area contributed by atoms with Gasteiger partial charge in [0.15, 0.2) is 0 Å². The summed E-state index contributed by atoms with van der Waals surface area (Å²) in [6.45, 7) is 1.93. The largest absolute Gasteiger partial charge is 0.322 e. The molecule has 0 N–H and O–H groups in total. The van der Waals surface area contributed by atoms with Crippen molar-refractivity contribution in [3.8, 4) is 6.07 Å². The second-order valence-corrected chi connectivity index (χ2v) is 4.55. The fraction of sp³-hybridized carbons (Fsp3) is 0.188. The van der Waals surface area contributed by atoms with Crippen molar-refractivity contribution in [2.75, 3.05) is 7.05 Å². The Morgan fingerprint density at radius 3 is 2.65 bits per heavy atom. The van der Waals surface area contributed by atoms with Crippen molar-refractivity contribution < 1.29 is 4.79 Å². The molecule has 0 radical (unpaired) electrons. The Hall–Kier alpha value is -2.67. The Kier molecular flexibility index (Phi) is 4.11. The first-order chi connectivity index (χ1) is 9.65. The standard InChI is InChI=1S/C16H15N3O/c1-12-6-3-4-8-14(12)15(10-17)19(2)16(20)13-7-5-9-18-11-13/h3-9,11,15H,1-2H3. The molecule has 4 heteroatoms. The number of benzene rings is 1. The van der Waals surface area contributed by atoms with E-state index in [1.54, 1.807) is 25.4 Å². The van der Waals surface area contributed by atoms with Gasteiger partial charge in [-0.15, -0.1) is 0 Å². The first-order valence-corrected chi connectivity index (χ1v) is 6.27. The van der Waals surface area contributed by atoms with E-state index in [1.165, 1.54) is 11.1 Å². The van der Waals surface area contributed by atoms with Crippen molar-refractivity contribution in [1.82, 2.24) is 9.88 Å². The van der Waals surface area contributed by atoms with Gasteiger partial charge in [0, 0.05) is 19.4 Å². The molecule has 0 aliphatic heterocycles. The van der Waals surface area contributed by atoms with Gasteiger partial charge in [-0.3, -0.25) is 9.78 Å². The van der Waals surface area contributed by atoms with Crippen LogP contribution in [0.25, 0.3) is 0 Å². The molecule has 0 aliphatic carbocycles. The van der Waals surface area contributed by atoms with Crippen LogP contribution in [0.5, 0.6) is 0 Å². The highest BCUT2D eigenvalue weighted by atomic mass is 16.2. The molecule has 0 fully saturated rings. The van der Waals surface area contributed by atoms with Gasteiger partial charge in [-0.1, -0.05) is 24.3 Å². The Bertz CT molecular complexity index is 646. The van der Waals surface area contributed by atoms with Crippen LogP contribution in [-0.2, 0) is 0 Å². The van der Waals surface area contributed by atoms with Crippen molar-refractivity contribution in [3.63, 3.8) is 0 Å². The predicted molar refractivity (Wildman–Crippen MR) is 75.9 cm³/mol. The fourth-order valence-corrected chi connectivity index (χ4v) is 2.07. The monoisotopic (exact) mass is 265 g/mol. The van der Waals surface area contributed by atoms with Crippen molar-refractivity contribution in [2.24, 2.45) is 0 Å². The van der Waals surface area contributed by atoms with Crippen LogP contribution < -0.4 is 0 Å². The van der Waals surface area contributed by atoms with E-state index in [-0.39, 0.29) is 5.91 Å². The van der Waals surface area contributed by atoms with Crippen molar-refractivity contribution in [1.29, 1.82) is 5.26 Å². The minimum atomic E-state index is -0.607. The van der Waals surface area contributed by atoms with Crippen LogP contribution in [0.3, 0.4) is 0 Å². The Morgan fingerprint density at radius 2 is 2.05 bits per heavy atom. The molecular weight excluding hydrogens is 250 g/mol. The molecule has 0 saturated carbocycles. The number of pyridine rings is 1. The molecular formula is C16H15N3O. The number of nitrogens with zero attached hydrogens (tertiary/aromatic N) is 3. The molecule has 1 heterocycles. The van der Waals surface area contributed by atoms with E-state index in [4.69, 9.17) is 0 Å². The summed E-state index contributed by atoms with van der Waals surface area (Å²) in [6.07, 6.45) is 3.12. The van der Waals surface area contributed by atoms with Crippen LogP contribution in [0.2, 0.25) is 0 Å². The third-order valence-corrected chi connectivity index (χ3v) is 3.22. The number of hydrogen-bond donors (Lipinski definition) is 0. The number of aryl methyl sites for hydroxylation is 1.